The van der Waals surface area contributed by atoms with Crippen LogP contribution in [0.5, 0.6) is 5.75 Å². The van der Waals surface area contributed by atoms with Crippen LogP contribution in [0.4, 0.5) is 4.39 Å². The minimum Gasteiger partial charge on any atom is -0.490 e. The summed E-state index contributed by atoms with van der Waals surface area (Å²) < 4.78 is 19.0. The first-order valence-corrected chi connectivity index (χ1v) is 5.88. The van der Waals surface area contributed by atoms with Crippen LogP contribution >= 0.6 is 0 Å². The normalized spacial score (nSPS) is 10.2. The Kier molecular flexibility index (Phi) is 5.46. The van der Waals surface area contributed by atoms with Gasteiger partial charge in [0.15, 0.2) is 11.6 Å². The quantitative estimate of drug-likeness (QED) is 0.744. The summed E-state index contributed by atoms with van der Waals surface area (Å²) in [6.45, 7) is 2.58. The highest BCUT2D eigenvalue weighted by Gasteiger charge is 2.12. The molecular formula is C13H18FNO2. The molecule has 94 valence electrons. The summed E-state index contributed by atoms with van der Waals surface area (Å²) in [5, 5.41) is 0. The van der Waals surface area contributed by atoms with E-state index in [0.717, 1.165) is 25.7 Å². The third-order valence-corrected chi connectivity index (χ3v) is 2.48. The van der Waals surface area contributed by atoms with Crippen molar-refractivity contribution in [3.05, 3.63) is 29.6 Å². The van der Waals surface area contributed by atoms with Crippen LogP contribution < -0.4 is 10.5 Å². The van der Waals surface area contributed by atoms with Gasteiger partial charge in [-0.25, -0.2) is 4.39 Å². The van der Waals surface area contributed by atoms with Crippen LogP contribution in [0.3, 0.4) is 0 Å². The van der Waals surface area contributed by atoms with Gasteiger partial charge in [0.25, 0.3) is 5.91 Å². The molecular weight excluding hydrogens is 221 g/mol. The zero-order chi connectivity index (χ0) is 12.7. The Bertz CT molecular complexity index is 380. The molecule has 0 radical (unpaired) electrons. The highest BCUT2D eigenvalue weighted by atomic mass is 19.1. The van der Waals surface area contributed by atoms with Crippen LogP contribution in [0.2, 0.25) is 0 Å². The first-order chi connectivity index (χ1) is 8.16. The standard InChI is InChI=1S/C13H18FNO2/c1-2-3-4-5-9-17-11-8-6-7-10(12(11)14)13(15)16/h6-8H,2-5,9H2,1H3,(H2,15,16). The molecule has 0 aliphatic rings. The third kappa shape index (κ3) is 4.06. The van der Waals surface area contributed by atoms with Crippen molar-refractivity contribution in [1.29, 1.82) is 0 Å². The molecule has 0 aromatic heterocycles. The van der Waals surface area contributed by atoms with Crippen molar-refractivity contribution in [1.82, 2.24) is 0 Å². The summed E-state index contributed by atoms with van der Waals surface area (Å²) >= 11 is 0. The molecule has 17 heavy (non-hydrogen) atoms. The molecule has 0 bridgehead atoms. The fourth-order valence-corrected chi connectivity index (χ4v) is 1.52. The van der Waals surface area contributed by atoms with Crippen LogP contribution in [-0.4, -0.2) is 12.5 Å². The number of rotatable bonds is 7. The van der Waals surface area contributed by atoms with Gasteiger partial charge in [-0.2, -0.15) is 0 Å². The maximum atomic E-state index is 13.7. The Hall–Kier alpha value is -1.58. The van der Waals surface area contributed by atoms with E-state index in [1.807, 2.05) is 0 Å². The lowest BCUT2D eigenvalue weighted by Gasteiger charge is -2.08. The Balaban J connectivity index is 2.54. The van der Waals surface area contributed by atoms with E-state index in [1.54, 1.807) is 6.07 Å². The Labute approximate surface area is 101 Å². The Morgan fingerprint density at radius 2 is 2.12 bits per heavy atom. The van der Waals surface area contributed by atoms with E-state index in [4.69, 9.17) is 10.5 Å². The minimum absolute atomic E-state index is 0.0952. The number of hydrogen-bond donors (Lipinski definition) is 1. The summed E-state index contributed by atoms with van der Waals surface area (Å²) in [5.41, 5.74) is 4.91. The van der Waals surface area contributed by atoms with E-state index in [-0.39, 0.29) is 11.3 Å². The Morgan fingerprint density at radius 1 is 1.35 bits per heavy atom. The number of halogens is 1. The predicted octanol–water partition coefficient (Wildman–Crippen LogP) is 2.88. The zero-order valence-electron chi connectivity index (χ0n) is 10.0. The lowest BCUT2D eigenvalue weighted by Crippen LogP contribution is -2.14. The van der Waals surface area contributed by atoms with Crippen molar-refractivity contribution in [3.8, 4) is 5.75 Å². The number of hydrogen-bond acceptors (Lipinski definition) is 2. The van der Waals surface area contributed by atoms with Crippen LogP contribution in [0.1, 0.15) is 43.0 Å². The van der Waals surface area contributed by atoms with Crippen molar-refractivity contribution in [2.45, 2.75) is 32.6 Å². The highest BCUT2D eigenvalue weighted by Crippen LogP contribution is 2.20. The summed E-state index contributed by atoms with van der Waals surface area (Å²) in [6, 6.07) is 4.41. The SMILES string of the molecule is CCCCCCOc1cccc(C(N)=O)c1F. The predicted molar refractivity (Wildman–Crippen MR) is 64.6 cm³/mol. The molecule has 1 aromatic rings. The molecule has 0 unspecified atom stereocenters. The van der Waals surface area contributed by atoms with Gasteiger partial charge in [0.1, 0.15) is 0 Å². The van der Waals surface area contributed by atoms with Crippen LogP contribution in [0.15, 0.2) is 18.2 Å². The van der Waals surface area contributed by atoms with Crippen molar-refractivity contribution in [3.63, 3.8) is 0 Å². The molecule has 0 spiro atoms. The topological polar surface area (TPSA) is 52.3 Å². The molecule has 0 fully saturated rings. The molecule has 0 atom stereocenters. The molecule has 3 nitrogen and oxygen atoms in total. The van der Waals surface area contributed by atoms with Crippen LogP contribution in [-0.2, 0) is 0 Å². The first kappa shape index (κ1) is 13.5. The second-order valence-electron chi connectivity index (χ2n) is 3.89. The van der Waals surface area contributed by atoms with Crippen molar-refractivity contribution in [2.24, 2.45) is 5.73 Å². The molecule has 0 heterocycles. The first-order valence-electron chi connectivity index (χ1n) is 5.88. The van der Waals surface area contributed by atoms with E-state index >= 15 is 0 Å². The number of unbranched alkanes of at least 4 members (excludes halogenated alkanes) is 3. The average Bonchev–Trinajstić information content (AvgIpc) is 2.30. The fourth-order valence-electron chi connectivity index (χ4n) is 1.52. The third-order valence-electron chi connectivity index (χ3n) is 2.48. The number of nitrogens with two attached hydrogens (primary N) is 1. The van der Waals surface area contributed by atoms with Gasteiger partial charge >= 0.3 is 0 Å². The number of ether oxygens (including phenoxy) is 1. The summed E-state index contributed by atoms with van der Waals surface area (Å²) in [4.78, 5) is 10.9. The van der Waals surface area contributed by atoms with Gasteiger partial charge in [-0.15, -0.1) is 0 Å². The van der Waals surface area contributed by atoms with Crippen molar-refractivity contribution >= 4 is 5.91 Å². The van der Waals surface area contributed by atoms with Gasteiger partial charge in [-0.1, -0.05) is 32.3 Å². The molecule has 1 aromatic carbocycles. The Morgan fingerprint density at radius 3 is 2.76 bits per heavy atom. The largest absolute Gasteiger partial charge is 0.490 e. The lowest BCUT2D eigenvalue weighted by atomic mass is 10.2. The van der Waals surface area contributed by atoms with E-state index in [1.165, 1.54) is 12.1 Å². The lowest BCUT2D eigenvalue weighted by molar-refractivity contribution is 0.0995. The fraction of sp³-hybridized carbons (Fsp3) is 0.462. The van der Waals surface area contributed by atoms with Gasteiger partial charge in [0.2, 0.25) is 0 Å². The second kappa shape index (κ2) is 6.89. The monoisotopic (exact) mass is 239 g/mol. The van der Waals surface area contributed by atoms with Crippen molar-refractivity contribution in [2.75, 3.05) is 6.61 Å². The van der Waals surface area contributed by atoms with Gasteiger partial charge in [-0.05, 0) is 18.6 Å². The molecule has 0 aliphatic carbocycles. The molecule has 4 heteroatoms. The molecule has 0 saturated heterocycles. The van der Waals surface area contributed by atoms with Gasteiger partial charge < -0.3 is 10.5 Å². The minimum atomic E-state index is -0.779. The van der Waals surface area contributed by atoms with Gasteiger partial charge in [0.05, 0.1) is 12.2 Å². The van der Waals surface area contributed by atoms with Crippen molar-refractivity contribution < 1.29 is 13.9 Å². The smallest absolute Gasteiger partial charge is 0.251 e. The summed E-state index contributed by atoms with van der Waals surface area (Å²) in [5.74, 6) is -1.35. The molecule has 0 saturated carbocycles. The molecule has 1 rings (SSSR count). The molecule has 2 N–H and O–H groups in total. The van der Waals surface area contributed by atoms with Crippen LogP contribution in [0.25, 0.3) is 0 Å². The van der Waals surface area contributed by atoms with E-state index < -0.39 is 11.7 Å². The van der Waals surface area contributed by atoms with Gasteiger partial charge in [-0.3, -0.25) is 4.79 Å². The zero-order valence-corrected chi connectivity index (χ0v) is 10.0. The van der Waals surface area contributed by atoms with E-state index in [0.29, 0.717) is 6.61 Å². The highest BCUT2D eigenvalue weighted by molar-refractivity contribution is 5.93. The summed E-state index contributed by atoms with van der Waals surface area (Å²) in [7, 11) is 0. The maximum absolute atomic E-state index is 13.7. The van der Waals surface area contributed by atoms with E-state index in [2.05, 4.69) is 6.92 Å². The number of carbonyl (C=O) groups excluding carboxylic acids is 1. The molecule has 1 amide bonds. The van der Waals surface area contributed by atoms with Gasteiger partial charge in [0, 0.05) is 0 Å². The number of amides is 1. The van der Waals surface area contributed by atoms with E-state index in [9.17, 15) is 9.18 Å². The number of primary amides is 1. The average molecular weight is 239 g/mol. The number of carbonyl (C=O) groups is 1. The molecule has 0 aliphatic heterocycles. The summed E-state index contributed by atoms with van der Waals surface area (Å²) in [6.07, 6.45) is 4.24. The second-order valence-corrected chi connectivity index (χ2v) is 3.89. The number of benzene rings is 1. The maximum Gasteiger partial charge on any atom is 0.251 e. The van der Waals surface area contributed by atoms with Crippen LogP contribution in [0, 0.1) is 5.82 Å².